The molecule has 0 unspecified atom stereocenters. The quantitative estimate of drug-likeness (QED) is 0.885. The van der Waals surface area contributed by atoms with E-state index in [1.165, 1.54) is 0 Å². The first kappa shape index (κ1) is 11.9. The zero-order valence-corrected chi connectivity index (χ0v) is 10.9. The Morgan fingerprint density at radius 2 is 2.00 bits per heavy atom. The van der Waals surface area contributed by atoms with E-state index in [9.17, 15) is 0 Å². The number of imidazole rings is 1. The van der Waals surface area contributed by atoms with Gasteiger partial charge < -0.3 is 10.3 Å². The second-order valence-electron chi connectivity index (χ2n) is 5.20. The molecule has 0 fully saturated rings. The molecular weight excluding hydrogens is 212 g/mol. The molecule has 2 aromatic heterocycles. The Bertz CT molecular complexity index is 525. The summed E-state index contributed by atoms with van der Waals surface area (Å²) in [6, 6.07) is 2.26. The van der Waals surface area contributed by atoms with Crippen LogP contribution in [0.3, 0.4) is 0 Å². The van der Waals surface area contributed by atoms with Crippen molar-refractivity contribution in [3.05, 3.63) is 18.1 Å². The maximum atomic E-state index is 5.75. The van der Waals surface area contributed by atoms with E-state index in [0.717, 1.165) is 23.4 Å². The molecule has 0 amide bonds. The fraction of sp³-hybridized carbons (Fsp3) is 0.538. The van der Waals surface area contributed by atoms with Crippen LogP contribution in [0.15, 0.2) is 12.3 Å². The first-order valence-electron chi connectivity index (χ1n) is 6.11. The average Bonchev–Trinajstić information content (AvgIpc) is 2.53. The number of nitrogen functional groups attached to an aromatic ring is 1. The van der Waals surface area contributed by atoms with Gasteiger partial charge in [-0.2, -0.15) is 0 Å². The van der Waals surface area contributed by atoms with Gasteiger partial charge in [0, 0.05) is 12.5 Å². The molecule has 2 heterocycles. The Kier molecular flexibility index (Phi) is 3.05. The van der Waals surface area contributed by atoms with Crippen LogP contribution in [0.4, 0.5) is 5.69 Å². The molecule has 92 valence electrons. The van der Waals surface area contributed by atoms with E-state index in [4.69, 9.17) is 5.73 Å². The van der Waals surface area contributed by atoms with Gasteiger partial charge in [0.25, 0.3) is 0 Å². The Balaban J connectivity index is 2.61. The van der Waals surface area contributed by atoms with Gasteiger partial charge in [-0.3, -0.25) is 0 Å². The molecule has 0 atom stereocenters. The van der Waals surface area contributed by atoms with Gasteiger partial charge in [-0.1, -0.05) is 13.8 Å². The van der Waals surface area contributed by atoms with Crippen LogP contribution in [0, 0.1) is 5.92 Å². The van der Waals surface area contributed by atoms with Crippen molar-refractivity contribution in [2.24, 2.45) is 5.92 Å². The highest BCUT2D eigenvalue weighted by Crippen LogP contribution is 2.22. The van der Waals surface area contributed by atoms with Crippen LogP contribution in [0.2, 0.25) is 0 Å². The van der Waals surface area contributed by atoms with Crippen LogP contribution in [0.25, 0.3) is 11.2 Å². The van der Waals surface area contributed by atoms with Crippen molar-refractivity contribution < 1.29 is 0 Å². The number of hydrogen-bond acceptors (Lipinski definition) is 3. The predicted octanol–water partition coefficient (Wildman–Crippen LogP) is 2.79. The predicted molar refractivity (Wildman–Crippen MR) is 70.9 cm³/mol. The molecule has 4 heteroatoms. The molecule has 2 N–H and O–H groups in total. The molecule has 0 aromatic carbocycles. The van der Waals surface area contributed by atoms with Gasteiger partial charge in [-0.25, -0.2) is 9.97 Å². The van der Waals surface area contributed by atoms with Crippen LogP contribution < -0.4 is 5.73 Å². The fourth-order valence-electron chi connectivity index (χ4n) is 2.10. The zero-order valence-electron chi connectivity index (χ0n) is 10.9. The first-order chi connectivity index (χ1) is 7.99. The number of hydrogen-bond donors (Lipinski definition) is 1. The molecule has 2 aromatic rings. The third-order valence-electron chi connectivity index (χ3n) is 2.73. The lowest BCUT2D eigenvalue weighted by Crippen LogP contribution is -2.09. The molecule has 0 radical (unpaired) electrons. The number of nitrogens with two attached hydrogens (primary N) is 1. The summed E-state index contributed by atoms with van der Waals surface area (Å²) in [6.45, 7) is 8.71. The summed E-state index contributed by atoms with van der Waals surface area (Å²) in [4.78, 5) is 9.06. The number of fused-ring (bicyclic) bond motifs is 1. The summed E-state index contributed by atoms with van der Waals surface area (Å²) in [5.41, 5.74) is 8.25. The van der Waals surface area contributed by atoms with Crippen molar-refractivity contribution in [1.29, 1.82) is 0 Å². The first-order valence-corrected chi connectivity index (χ1v) is 6.11. The standard InChI is InChI=1S/C13H20N4/c1-8(2)5-12-16-11-6-10(14)7-15-13(11)17(12)9(3)4/h6-9H,5,14H2,1-4H3. The monoisotopic (exact) mass is 232 g/mol. The molecule has 2 rings (SSSR count). The van der Waals surface area contributed by atoms with Crippen molar-refractivity contribution in [3.8, 4) is 0 Å². The van der Waals surface area contributed by atoms with Gasteiger partial charge in [-0.15, -0.1) is 0 Å². The number of anilines is 1. The lowest BCUT2D eigenvalue weighted by atomic mass is 10.1. The molecule has 0 saturated heterocycles. The van der Waals surface area contributed by atoms with Crippen molar-refractivity contribution >= 4 is 16.9 Å². The van der Waals surface area contributed by atoms with Crippen molar-refractivity contribution in [2.75, 3.05) is 5.73 Å². The number of rotatable bonds is 3. The van der Waals surface area contributed by atoms with Gasteiger partial charge in [0.15, 0.2) is 5.65 Å². The highest BCUT2D eigenvalue weighted by atomic mass is 15.1. The largest absolute Gasteiger partial charge is 0.397 e. The van der Waals surface area contributed by atoms with E-state index in [2.05, 4.69) is 42.2 Å². The Morgan fingerprint density at radius 1 is 1.29 bits per heavy atom. The highest BCUT2D eigenvalue weighted by Gasteiger charge is 2.15. The highest BCUT2D eigenvalue weighted by molar-refractivity contribution is 5.75. The van der Waals surface area contributed by atoms with Crippen molar-refractivity contribution in [1.82, 2.24) is 14.5 Å². The van der Waals surface area contributed by atoms with E-state index >= 15 is 0 Å². The summed E-state index contributed by atoms with van der Waals surface area (Å²) in [7, 11) is 0. The average molecular weight is 232 g/mol. The second kappa shape index (κ2) is 4.35. The summed E-state index contributed by atoms with van der Waals surface area (Å²) in [6.07, 6.45) is 2.66. The lowest BCUT2D eigenvalue weighted by molar-refractivity contribution is 0.537. The topological polar surface area (TPSA) is 56.7 Å². The van der Waals surface area contributed by atoms with Gasteiger partial charge >= 0.3 is 0 Å². The van der Waals surface area contributed by atoms with E-state index in [1.54, 1.807) is 6.20 Å². The van der Waals surface area contributed by atoms with Crippen LogP contribution in [0.1, 0.15) is 39.6 Å². The minimum Gasteiger partial charge on any atom is -0.397 e. The van der Waals surface area contributed by atoms with E-state index < -0.39 is 0 Å². The number of nitrogens with zero attached hydrogens (tertiary/aromatic N) is 3. The Hall–Kier alpha value is -1.58. The lowest BCUT2D eigenvalue weighted by Gasteiger charge is -2.13. The minimum atomic E-state index is 0.366. The normalized spacial score (nSPS) is 11.9. The molecule has 0 bridgehead atoms. The van der Waals surface area contributed by atoms with Crippen LogP contribution in [-0.2, 0) is 6.42 Å². The summed E-state index contributed by atoms with van der Waals surface area (Å²) in [5.74, 6) is 1.68. The fourth-order valence-corrected chi connectivity index (χ4v) is 2.10. The Morgan fingerprint density at radius 3 is 2.59 bits per heavy atom. The number of pyridine rings is 1. The van der Waals surface area contributed by atoms with Gasteiger partial charge in [0.1, 0.15) is 11.3 Å². The SMILES string of the molecule is CC(C)Cc1nc2cc(N)cnc2n1C(C)C. The van der Waals surface area contributed by atoms with Crippen LogP contribution in [0.5, 0.6) is 0 Å². The third kappa shape index (κ3) is 2.25. The van der Waals surface area contributed by atoms with Gasteiger partial charge in [0.05, 0.1) is 11.9 Å². The van der Waals surface area contributed by atoms with E-state index in [0.29, 0.717) is 17.6 Å². The second-order valence-corrected chi connectivity index (χ2v) is 5.20. The van der Waals surface area contributed by atoms with Gasteiger partial charge in [-0.05, 0) is 25.8 Å². The summed E-state index contributed by atoms with van der Waals surface area (Å²) < 4.78 is 2.20. The number of aromatic nitrogens is 3. The molecule has 0 saturated carbocycles. The molecule has 0 aliphatic carbocycles. The molecule has 4 nitrogen and oxygen atoms in total. The van der Waals surface area contributed by atoms with E-state index in [1.807, 2.05) is 6.07 Å². The maximum Gasteiger partial charge on any atom is 0.160 e. The molecule has 0 spiro atoms. The van der Waals surface area contributed by atoms with Gasteiger partial charge in [0.2, 0.25) is 0 Å². The van der Waals surface area contributed by atoms with Crippen molar-refractivity contribution in [2.45, 2.75) is 40.2 Å². The summed E-state index contributed by atoms with van der Waals surface area (Å²) in [5, 5.41) is 0. The maximum absolute atomic E-state index is 5.75. The Labute approximate surface area is 102 Å². The smallest absolute Gasteiger partial charge is 0.160 e. The molecule has 17 heavy (non-hydrogen) atoms. The molecule has 0 aliphatic heterocycles. The third-order valence-corrected chi connectivity index (χ3v) is 2.73. The van der Waals surface area contributed by atoms with Crippen molar-refractivity contribution in [3.63, 3.8) is 0 Å². The van der Waals surface area contributed by atoms with E-state index in [-0.39, 0.29) is 0 Å². The molecular formula is C13H20N4. The van der Waals surface area contributed by atoms with Crippen LogP contribution in [-0.4, -0.2) is 14.5 Å². The zero-order chi connectivity index (χ0) is 12.6. The minimum absolute atomic E-state index is 0.366. The molecule has 0 aliphatic rings. The van der Waals surface area contributed by atoms with Crippen LogP contribution >= 0.6 is 0 Å². The summed E-state index contributed by atoms with van der Waals surface area (Å²) >= 11 is 0.